The van der Waals surface area contributed by atoms with Crippen LogP contribution in [0.1, 0.15) is 31.2 Å². The maximum Gasteiger partial charge on any atom is 0.134 e. The van der Waals surface area contributed by atoms with Crippen molar-refractivity contribution < 1.29 is 9.90 Å². The van der Waals surface area contributed by atoms with E-state index in [4.69, 9.17) is 16.6 Å². The van der Waals surface area contributed by atoms with Crippen LogP contribution in [0.25, 0.3) is 22.0 Å². The maximum absolute atomic E-state index is 12.0. The first-order chi connectivity index (χ1) is 15.0. The molecule has 2 aromatic carbocycles. The third-order valence-corrected chi connectivity index (χ3v) is 7.18. The average Bonchev–Trinajstić information content (AvgIpc) is 3.61. The number of nitrogens with zero attached hydrogens (tertiary/aromatic N) is 2. The molecule has 1 aliphatic heterocycles. The molecule has 0 unspecified atom stereocenters. The number of anilines is 1. The highest BCUT2D eigenvalue weighted by molar-refractivity contribution is 6.32. The van der Waals surface area contributed by atoms with E-state index < -0.39 is 5.41 Å². The van der Waals surface area contributed by atoms with Gasteiger partial charge in [-0.15, -0.1) is 0 Å². The van der Waals surface area contributed by atoms with Crippen LogP contribution in [-0.2, 0) is 10.2 Å². The van der Waals surface area contributed by atoms with Crippen molar-refractivity contribution in [2.45, 2.75) is 37.1 Å². The largest absolute Gasteiger partial charge is 0.506 e. The van der Waals surface area contributed by atoms with Crippen molar-refractivity contribution in [3.63, 3.8) is 0 Å². The van der Waals surface area contributed by atoms with Crippen molar-refractivity contribution in [2.75, 3.05) is 25.0 Å². The van der Waals surface area contributed by atoms with Crippen LogP contribution in [-0.4, -0.2) is 42.6 Å². The summed E-state index contributed by atoms with van der Waals surface area (Å²) < 4.78 is 0. The van der Waals surface area contributed by atoms with Crippen LogP contribution in [0.5, 0.6) is 5.75 Å². The topological polar surface area (TPSA) is 65.5 Å². The second-order valence-corrected chi connectivity index (χ2v) is 9.19. The number of benzene rings is 2. The maximum atomic E-state index is 12.0. The molecule has 31 heavy (non-hydrogen) atoms. The smallest absolute Gasteiger partial charge is 0.134 e. The van der Waals surface area contributed by atoms with E-state index in [1.54, 1.807) is 12.1 Å². The van der Waals surface area contributed by atoms with E-state index >= 15 is 0 Å². The Balaban J connectivity index is 1.70. The lowest BCUT2D eigenvalue weighted by atomic mass is 9.92. The van der Waals surface area contributed by atoms with Crippen molar-refractivity contribution in [3.05, 3.63) is 53.2 Å². The fourth-order valence-corrected chi connectivity index (χ4v) is 4.93. The molecule has 0 bridgehead atoms. The van der Waals surface area contributed by atoms with E-state index in [-0.39, 0.29) is 5.75 Å². The van der Waals surface area contributed by atoms with Gasteiger partial charge in [0.05, 0.1) is 21.6 Å². The van der Waals surface area contributed by atoms with Crippen LogP contribution >= 0.6 is 11.6 Å². The molecule has 5 nitrogen and oxygen atoms in total. The zero-order valence-electron chi connectivity index (χ0n) is 17.6. The first-order valence-corrected chi connectivity index (χ1v) is 11.2. The van der Waals surface area contributed by atoms with Crippen molar-refractivity contribution in [1.29, 1.82) is 0 Å². The minimum absolute atomic E-state index is 0.0724. The fraction of sp³-hybridized carbons (Fsp3) is 0.360. The first-order valence-electron chi connectivity index (χ1n) is 10.8. The molecule has 2 heterocycles. The van der Waals surface area contributed by atoms with Crippen LogP contribution in [0, 0.1) is 0 Å². The monoisotopic (exact) mass is 435 g/mol. The van der Waals surface area contributed by atoms with Gasteiger partial charge in [0, 0.05) is 30.2 Å². The number of carbonyl (C=O) groups is 1. The number of pyridine rings is 1. The Bertz CT molecular complexity index is 1150. The summed E-state index contributed by atoms with van der Waals surface area (Å²) in [4.78, 5) is 19.1. The number of phenolic OH excluding ortho intramolecular Hbond substituents is 1. The Morgan fingerprint density at radius 2 is 1.87 bits per heavy atom. The number of piperidine rings is 1. The molecule has 1 saturated carbocycles. The molecule has 2 N–H and O–H groups in total. The van der Waals surface area contributed by atoms with Crippen LogP contribution in [0.2, 0.25) is 5.02 Å². The molecule has 5 rings (SSSR count). The van der Waals surface area contributed by atoms with E-state index in [0.29, 0.717) is 11.1 Å². The number of halogens is 1. The second kappa shape index (κ2) is 7.81. The molecule has 0 amide bonds. The zero-order chi connectivity index (χ0) is 21.6. The Morgan fingerprint density at radius 1 is 1.16 bits per heavy atom. The predicted octanol–water partition coefficient (Wildman–Crippen LogP) is 4.68. The van der Waals surface area contributed by atoms with Gasteiger partial charge in [0.1, 0.15) is 12.0 Å². The molecule has 0 spiro atoms. The summed E-state index contributed by atoms with van der Waals surface area (Å²) in [6.45, 7) is 2.01. The van der Waals surface area contributed by atoms with Crippen molar-refractivity contribution in [1.82, 2.24) is 10.3 Å². The number of nitrogens with one attached hydrogen (secondary N) is 1. The molecule has 2 fully saturated rings. The minimum atomic E-state index is -0.407. The Hall–Kier alpha value is -2.63. The molecule has 1 aromatic heterocycles. The lowest BCUT2D eigenvalue weighted by Crippen LogP contribution is -2.42. The molecular formula is C25H26ClN3O2. The number of rotatable bonds is 5. The van der Waals surface area contributed by atoms with Crippen LogP contribution < -0.4 is 10.2 Å². The van der Waals surface area contributed by atoms with Gasteiger partial charge in [-0.1, -0.05) is 23.7 Å². The third-order valence-electron chi connectivity index (χ3n) is 6.88. The highest BCUT2D eigenvalue weighted by Crippen LogP contribution is 2.51. The van der Waals surface area contributed by atoms with Crippen molar-refractivity contribution in [3.8, 4) is 16.9 Å². The molecule has 0 atom stereocenters. The molecule has 0 radical (unpaired) electrons. The quantitative estimate of drug-likeness (QED) is 0.569. The van der Waals surface area contributed by atoms with Gasteiger partial charge in [-0.2, -0.15) is 0 Å². The number of phenols is 1. The van der Waals surface area contributed by atoms with Crippen molar-refractivity contribution >= 4 is 34.5 Å². The van der Waals surface area contributed by atoms with Gasteiger partial charge < -0.3 is 20.1 Å². The van der Waals surface area contributed by atoms with Gasteiger partial charge in [-0.05, 0) is 74.2 Å². The summed E-state index contributed by atoms with van der Waals surface area (Å²) in [7, 11) is 2.15. The Labute approximate surface area is 187 Å². The first kappa shape index (κ1) is 20.3. The van der Waals surface area contributed by atoms with Crippen LogP contribution in [0.15, 0.2) is 42.6 Å². The Kier molecular flexibility index (Phi) is 5.11. The van der Waals surface area contributed by atoms with E-state index in [9.17, 15) is 9.90 Å². The number of carbonyl (C=O) groups excluding carboxylic acids is 1. The van der Waals surface area contributed by atoms with E-state index in [1.807, 2.05) is 24.4 Å². The summed E-state index contributed by atoms with van der Waals surface area (Å²) >= 11 is 6.16. The lowest BCUT2D eigenvalue weighted by Gasteiger charge is -2.36. The third kappa shape index (κ3) is 3.56. The molecule has 3 aromatic rings. The van der Waals surface area contributed by atoms with E-state index in [2.05, 4.69) is 23.3 Å². The normalized spacial score (nSPS) is 18.1. The summed E-state index contributed by atoms with van der Waals surface area (Å²) in [5.41, 5.74) is 4.60. The number of hydrogen-bond acceptors (Lipinski definition) is 5. The van der Waals surface area contributed by atoms with Crippen LogP contribution in [0.3, 0.4) is 0 Å². The number of fused-ring (bicyclic) bond motifs is 1. The molecule has 6 heteroatoms. The summed E-state index contributed by atoms with van der Waals surface area (Å²) in [5, 5.41) is 14.6. The summed E-state index contributed by atoms with van der Waals surface area (Å²) in [6, 6.07) is 11.9. The van der Waals surface area contributed by atoms with Gasteiger partial charge in [-0.3, -0.25) is 4.98 Å². The molecular weight excluding hydrogens is 410 g/mol. The SMILES string of the molecule is CN(c1c(C2(C=O)CC2)cnc2ccc(-c3ccc(O)c(Cl)c3)cc12)C1CCNCC1. The summed E-state index contributed by atoms with van der Waals surface area (Å²) in [5.74, 6) is 0.0724. The van der Waals surface area contributed by atoms with Crippen LogP contribution in [0.4, 0.5) is 5.69 Å². The highest BCUT2D eigenvalue weighted by atomic mass is 35.5. The van der Waals surface area contributed by atoms with Gasteiger partial charge in [0.15, 0.2) is 0 Å². The average molecular weight is 436 g/mol. The van der Waals surface area contributed by atoms with Gasteiger partial charge in [-0.25, -0.2) is 0 Å². The van der Waals surface area contributed by atoms with E-state index in [0.717, 1.165) is 78.3 Å². The minimum Gasteiger partial charge on any atom is -0.506 e. The fourth-order valence-electron chi connectivity index (χ4n) is 4.75. The number of aromatic hydroxyl groups is 1. The molecule has 2 aliphatic rings. The highest BCUT2D eigenvalue weighted by Gasteiger charge is 2.47. The predicted molar refractivity (Wildman–Crippen MR) is 125 cm³/mol. The number of aldehydes is 1. The van der Waals surface area contributed by atoms with Gasteiger partial charge >= 0.3 is 0 Å². The number of aromatic nitrogens is 1. The standard InChI is InChI=1S/C25H26ClN3O2/c1-29(18-6-10-27-11-7-18)24-19-12-16(17-3-5-23(31)21(26)13-17)2-4-22(19)28-14-20(24)25(15-30)8-9-25/h2-5,12-15,18,27,31H,6-11H2,1H3. The number of hydrogen-bond donors (Lipinski definition) is 2. The Morgan fingerprint density at radius 3 is 2.55 bits per heavy atom. The van der Waals surface area contributed by atoms with Gasteiger partial charge in [0.2, 0.25) is 0 Å². The van der Waals surface area contributed by atoms with E-state index in [1.165, 1.54) is 0 Å². The molecule has 160 valence electrons. The zero-order valence-corrected chi connectivity index (χ0v) is 18.3. The second-order valence-electron chi connectivity index (χ2n) is 8.78. The summed E-state index contributed by atoms with van der Waals surface area (Å²) in [6.07, 6.45) is 6.92. The lowest BCUT2D eigenvalue weighted by molar-refractivity contribution is -0.109. The van der Waals surface area contributed by atoms with Crippen molar-refractivity contribution in [2.24, 2.45) is 0 Å². The molecule has 1 aliphatic carbocycles. The van der Waals surface area contributed by atoms with Gasteiger partial charge in [0.25, 0.3) is 0 Å². The molecule has 1 saturated heterocycles.